The number of hydrogen-bond donors (Lipinski definition) is 1. The molecule has 0 aliphatic carbocycles. The van der Waals surface area contributed by atoms with E-state index in [1.165, 1.54) is 0 Å². The van der Waals surface area contributed by atoms with Gasteiger partial charge in [0.15, 0.2) is 0 Å². The summed E-state index contributed by atoms with van der Waals surface area (Å²) in [4.78, 5) is 0. The molecule has 1 fully saturated rings. The normalized spacial score (nSPS) is 28.3. The van der Waals surface area contributed by atoms with Crippen LogP contribution >= 0.6 is 12.4 Å². The molecule has 9 heavy (non-hydrogen) atoms. The van der Waals surface area contributed by atoms with Gasteiger partial charge in [-0.15, -0.1) is 12.4 Å². The van der Waals surface area contributed by atoms with Crippen LogP contribution in [0.1, 0.15) is 19.3 Å². The van der Waals surface area contributed by atoms with E-state index in [4.69, 9.17) is 0 Å². The van der Waals surface area contributed by atoms with Crippen LogP contribution in [0.5, 0.6) is 0 Å². The zero-order chi connectivity index (χ0) is 5.82. The van der Waals surface area contributed by atoms with Crippen LogP contribution in [-0.2, 0) is 0 Å². The maximum atomic E-state index is 12.4. The summed E-state index contributed by atoms with van der Waals surface area (Å²) in [6.07, 6.45) is 2.36. The first-order valence-electron chi connectivity index (χ1n) is 3.24. The van der Waals surface area contributed by atoms with Crippen molar-refractivity contribution < 1.29 is 4.39 Å². The molecule has 1 atom stereocenters. The smallest absolute Gasteiger partial charge is 0.112 e. The third kappa shape index (κ3) is 3.71. The summed E-state index contributed by atoms with van der Waals surface area (Å²) in [5.74, 6) is 0. The topological polar surface area (TPSA) is 12.0 Å². The van der Waals surface area contributed by atoms with Crippen LogP contribution in [0.2, 0.25) is 0 Å². The third-order valence-corrected chi connectivity index (χ3v) is 1.49. The molecule has 0 radical (unpaired) electrons. The number of rotatable bonds is 0. The Labute approximate surface area is 61.4 Å². The van der Waals surface area contributed by atoms with Crippen LogP contribution in [0.4, 0.5) is 4.39 Å². The molecule has 0 spiro atoms. The van der Waals surface area contributed by atoms with Crippen molar-refractivity contribution in [3.63, 3.8) is 0 Å². The van der Waals surface area contributed by atoms with E-state index in [1.807, 2.05) is 0 Å². The van der Waals surface area contributed by atoms with Crippen molar-refractivity contribution in [1.29, 1.82) is 0 Å². The van der Waals surface area contributed by atoms with Gasteiger partial charge < -0.3 is 5.32 Å². The molecule has 56 valence electrons. The van der Waals surface area contributed by atoms with Crippen molar-refractivity contribution in [1.82, 2.24) is 5.32 Å². The zero-order valence-electron chi connectivity index (χ0n) is 5.40. The summed E-state index contributed by atoms with van der Waals surface area (Å²) >= 11 is 0. The van der Waals surface area contributed by atoms with E-state index in [0.29, 0.717) is 6.54 Å². The summed E-state index contributed by atoms with van der Waals surface area (Å²) < 4.78 is 12.4. The summed E-state index contributed by atoms with van der Waals surface area (Å²) in [6.45, 7) is 1.57. The highest BCUT2D eigenvalue weighted by atomic mass is 35.5. The highest BCUT2D eigenvalue weighted by Crippen LogP contribution is 2.06. The van der Waals surface area contributed by atoms with E-state index in [-0.39, 0.29) is 12.4 Å². The largest absolute Gasteiger partial charge is 0.314 e. The van der Waals surface area contributed by atoms with Crippen molar-refractivity contribution >= 4 is 12.4 Å². The zero-order valence-corrected chi connectivity index (χ0v) is 6.22. The second-order valence-electron chi connectivity index (χ2n) is 2.30. The van der Waals surface area contributed by atoms with Crippen LogP contribution in [0.3, 0.4) is 0 Å². The molecule has 0 unspecified atom stereocenters. The van der Waals surface area contributed by atoms with Crippen LogP contribution in [0, 0.1) is 0 Å². The van der Waals surface area contributed by atoms with Crippen LogP contribution in [0.25, 0.3) is 0 Å². The Morgan fingerprint density at radius 3 is 2.89 bits per heavy atom. The van der Waals surface area contributed by atoms with E-state index in [9.17, 15) is 4.39 Å². The van der Waals surface area contributed by atoms with Gasteiger partial charge in [0.1, 0.15) is 6.17 Å². The van der Waals surface area contributed by atoms with Crippen molar-refractivity contribution in [2.24, 2.45) is 0 Å². The SMILES string of the molecule is Cl.F[C@H]1CCCCNC1. The van der Waals surface area contributed by atoms with Crippen molar-refractivity contribution in [2.75, 3.05) is 13.1 Å². The molecule has 0 aromatic carbocycles. The molecule has 0 aromatic rings. The average Bonchev–Trinajstić information content (AvgIpc) is 1.94. The quantitative estimate of drug-likeness (QED) is 0.557. The Morgan fingerprint density at radius 1 is 1.33 bits per heavy atom. The molecule has 0 bridgehead atoms. The minimum atomic E-state index is -0.586. The first-order valence-corrected chi connectivity index (χ1v) is 3.24. The monoisotopic (exact) mass is 153 g/mol. The highest BCUT2D eigenvalue weighted by molar-refractivity contribution is 5.85. The molecule has 1 rings (SSSR count). The number of alkyl halides is 1. The molecule has 0 aromatic heterocycles. The van der Waals surface area contributed by atoms with Crippen molar-refractivity contribution in [2.45, 2.75) is 25.4 Å². The Morgan fingerprint density at radius 2 is 2.11 bits per heavy atom. The van der Waals surface area contributed by atoms with Gasteiger partial charge in [0, 0.05) is 6.54 Å². The molecule has 1 nitrogen and oxygen atoms in total. The van der Waals surface area contributed by atoms with Crippen molar-refractivity contribution in [3.05, 3.63) is 0 Å². The van der Waals surface area contributed by atoms with Gasteiger partial charge in [0.25, 0.3) is 0 Å². The van der Waals surface area contributed by atoms with Gasteiger partial charge in [-0.25, -0.2) is 4.39 Å². The van der Waals surface area contributed by atoms with Gasteiger partial charge in [-0.1, -0.05) is 0 Å². The van der Waals surface area contributed by atoms with E-state index in [0.717, 1.165) is 25.8 Å². The standard InChI is InChI=1S/C6H12FN.ClH/c7-6-3-1-2-4-8-5-6;/h6,8H,1-5H2;1H/t6-;/m0./s1. The van der Waals surface area contributed by atoms with Crippen LogP contribution in [-0.4, -0.2) is 19.3 Å². The van der Waals surface area contributed by atoms with Gasteiger partial charge in [-0.05, 0) is 25.8 Å². The minimum Gasteiger partial charge on any atom is -0.314 e. The van der Waals surface area contributed by atoms with Gasteiger partial charge in [0.05, 0.1) is 0 Å². The molecule has 1 heterocycles. The second-order valence-corrected chi connectivity index (χ2v) is 2.30. The Hall–Kier alpha value is 0.180. The molecular formula is C6H13ClFN. The van der Waals surface area contributed by atoms with Crippen LogP contribution < -0.4 is 5.32 Å². The Balaban J connectivity index is 0.000000640. The molecule has 3 heteroatoms. The lowest BCUT2D eigenvalue weighted by Gasteiger charge is -1.99. The molecule has 1 N–H and O–H groups in total. The number of halogens is 2. The molecule has 1 saturated heterocycles. The fraction of sp³-hybridized carbons (Fsp3) is 1.00. The van der Waals surface area contributed by atoms with Gasteiger partial charge in [-0.3, -0.25) is 0 Å². The molecule has 1 aliphatic heterocycles. The molecular weight excluding hydrogens is 141 g/mol. The van der Waals surface area contributed by atoms with E-state index < -0.39 is 6.17 Å². The fourth-order valence-corrected chi connectivity index (χ4v) is 0.977. The van der Waals surface area contributed by atoms with Crippen molar-refractivity contribution in [3.8, 4) is 0 Å². The lowest BCUT2D eigenvalue weighted by molar-refractivity contribution is 0.314. The second kappa shape index (κ2) is 5.00. The maximum Gasteiger partial charge on any atom is 0.112 e. The highest BCUT2D eigenvalue weighted by Gasteiger charge is 2.07. The third-order valence-electron chi connectivity index (χ3n) is 1.49. The lowest BCUT2D eigenvalue weighted by atomic mass is 10.2. The lowest BCUT2D eigenvalue weighted by Crippen LogP contribution is -2.20. The van der Waals surface area contributed by atoms with E-state index in [2.05, 4.69) is 5.32 Å². The first-order chi connectivity index (χ1) is 3.89. The predicted molar refractivity (Wildman–Crippen MR) is 38.9 cm³/mol. The summed E-state index contributed by atoms with van der Waals surface area (Å²) in [5.41, 5.74) is 0. The van der Waals surface area contributed by atoms with E-state index >= 15 is 0 Å². The maximum absolute atomic E-state index is 12.4. The Bertz CT molecular complexity index is 62.1. The van der Waals surface area contributed by atoms with Gasteiger partial charge in [-0.2, -0.15) is 0 Å². The summed E-state index contributed by atoms with van der Waals surface area (Å²) in [6, 6.07) is 0. The molecule has 0 saturated carbocycles. The minimum absolute atomic E-state index is 0. The molecule has 0 amide bonds. The van der Waals surface area contributed by atoms with E-state index in [1.54, 1.807) is 0 Å². The first kappa shape index (κ1) is 9.18. The summed E-state index contributed by atoms with van der Waals surface area (Å²) in [7, 11) is 0. The van der Waals surface area contributed by atoms with Crippen LogP contribution in [0.15, 0.2) is 0 Å². The van der Waals surface area contributed by atoms with Gasteiger partial charge >= 0.3 is 0 Å². The predicted octanol–water partition coefficient (Wildman–Crippen LogP) is 1.52. The number of hydrogen-bond acceptors (Lipinski definition) is 1. The number of nitrogens with one attached hydrogen (secondary N) is 1. The summed E-state index contributed by atoms with van der Waals surface area (Å²) in [5, 5.41) is 3.02. The van der Waals surface area contributed by atoms with Gasteiger partial charge in [0.2, 0.25) is 0 Å². The average molecular weight is 154 g/mol. The fourth-order valence-electron chi connectivity index (χ4n) is 0.977. The molecule has 1 aliphatic rings. The Kier molecular flexibility index (Phi) is 5.10.